The zero-order valence-corrected chi connectivity index (χ0v) is 16.4. The van der Waals surface area contributed by atoms with Gasteiger partial charge in [0.2, 0.25) is 5.91 Å². The Morgan fingerprint density at radius 3 is 2.61 bits per heavy atom. The number of carbonyl (C=O) groups excluding carboxylic acids is 3. The summed E-state index contributed by atoms with van der Waals surface area (Å²) < 4.78 is 4.86. The van der Waals surface area contributed by atoms with Crippen molar-refractivity contribution in [1.82, 2.24) is 4.90 Å². The third-order valence-electron chi connectivity index (χ3n) is 5.80. The molecule has 1 aliphatic carbocycles. The molecule has 0 radical (unpaired) electrons. The number of amides is 2. The number of likely N-dealkylation sites (tertiary alicyclic amines) is 1. The van der Waals surface area contributed by atoms with Gasteiger partial charge in [0, 0.05) is 17.8 Å². The molecule has 1 saturated carbocycles. The minimum Gasteiger partial charge on any atom is -0.467 e. The van der Waals surface area contributed by atoms with Crippen molar-refractivity contribution in [1.29, 1.82) is 0 Å². The molecule has 28 heavy (non-hydrogen) atoms. The normalized spacial score (nSPS) is 21.6. The van der Waals surface area contributed by atoms with Crippen molar-refractivity contribution in [3.8, 4) is 0 Å². The van der Waals surface area contributed by atoms with Crippen LogP contribution >= 0.6 is 0 Å². The van der Waals surface area contributed by atoms with Crippen LogP contribution in [0.5, 0.6) is 0 Å². The van der Waals surface area contributed by atoms with Crippen LogP contribution in [-0.4, -0.2) is 47.9 Å². The molecule has 1 aliphatic heterocycles. The molecule has 0 aromatic heterocycles. The quantitative estimate of drug-likeness (QED) is 0.773. The molecular weight excluding hydrogens is 358 g/mol. The molecule has 152 valence electrons. The predicted molar refractivity (Wildman–Crippen MR) is 106 cm³/mol. The highest BCUT2D eigenvalue weighted by Gasteiger charge is 2.36. The van der Waals surface area contributed by atoms with Crippen molar-refractivity contribution in [2.75, 3.05) is 19.0 Å². The van der Waals surface area contributed by atoms with E-state index in [2.05, 4.69) is 5.32 Å². The van der Waals surface area contributed by atoms with Crippen LogP contribution in [0.1, 0.15) is 61.7 Å². The van der Waals surface area contributed by atoms with Crippen molar-refractivity contribution >= 4 is 23.5 Å². The first-order chi connectivity index (χ1) is 13.4. The summed E-state index contributed by atoms with van der Waals surface area (Å²) >= 11 is 0. The second-order valence-corrected chi connectivity index (χ2v) is 7.79. The van der Waals surface area contributed by atoms with Gasteiger partial charge in [0.05, 0.1) is 12.6 Å². The first-order valence-corrected chi connectivity index (χ1v) is 10.0. The van der Waals surface area contributed by atoms with Crippen LogP contribution in [-0.2, 0) is 14.3 Å². The number of hydrogen-bond donors (Lipinski definition) is 2. The lowest BCUT2D eigenvalue weighted by Crippen LogP contribution is -2.52. The fourth-order valence-electron chi connectivity index (χ4n) is 4.12. The number of nitrogens with one attached hydrogen (secondary N) is 1. The fourth-order valence-corrected chi connectivity index (χ4v) is 4.12. The van der Waals surface area contributed by atoms with E-state index in [9.17, 15) is 14.4 Å². The number of nitrogens with two attached hydrogens (primary N) is 1. The smallest absolute Gasteiger partial charge is 0.328 e. The maximum Gasteiger partial charge on any atom is 0.328 e. The van der Waals surface area contributed by atoms with Crippen molar-refractivity contribution in [3.05, 3.63) is 29.8 Å². The molecule has 3 N–H and O–H groups in total. The molecule has 0 bridgehead atoms. The average molecular weight is 387 g/mol. The second kappa shape index (κ2) is 8.73. The monoisotopic (exact) mass is 387 g/mol. The van der Waals surface area contributed by atoms with E-state index in [1.165, 1.54) is 7.11 Å². The van der Waals surface area contributed by atoms with Gasteiger partial charge in [-0.2, -0.15) is 0 Å². The molecule has 1 unspecified atom stereocenters. The van der Waals surface area contributed by atoms with Gasteiger partial charge in [-0.1, -0.05) is 25.3 Å². The minimum atomic E-state index is -0.846. The number of benzene rings is 1. The van der Waals surface area contributed by atoms with Crippen LogP contribution in [0.3, 0.4) is 0 Å². The standard InChI is InChI=1S/C21H29N3O4/c1-28-19(26)17-10-3-6-13-24(17)18(25)15-8-7-9-16(14-15)23-20(27)21(22)11-4-2-5-12-21/h7-9,14,17H,2-6,10-13,22H2,1H3,(H,23,27). The van der Waals surface area contributed by atoms with Gasteiger partial charge in [-0.25, -0.2) is 4.79 Å². The number of methoxy groups -OCH3 is 1. The minimum absolute atomic E-state index is 0.206. The number of esters is 1. The van der Waals surface area contributed by atoms with E-state index in [1.54, 1.807) is 29.2 Å². The second-order valence-electron chi connectivity index (χ2n) is 7.79. The highest BCUT2D eigenvalue weighted by atomic mass is 16.5. The molecule has 1 saturated heterocycles. The van der Waals surface area contributed by atoms with E-state index in [1.807, 2.05) is 0 Å². The van der Waals surface area contributed by atoms with Crippen LogP contribution in [0.25, 0.3) is 0 Å². The molecule has 2 fully saturated rings. The van der Waals surface area contributed by atoms with Crippen LogP contribution in [0.15, 0.2) is 24.3 Å². The van der Waals surface area contributed by atoms with Crippen molar-refractivity contribution in [2.24, 2.45) is 5.73 Å². The largest absolute Gasteiger partial charge is 0.467 e. The van der Waals surface area contributed by atoms with Crippen LogP contribution in [0, 0.1) is 0 Å². The number of carbonyl (C=O) groups is 3. The molecular formula is C21H29N3O4. The maximum atomic E-state index is 13.0. The third kappa shape index (κ3) is 4.35. The molecule has 0 spiro atoms. The Kier molecular flexibility index (Phi) is 6.34. The SMILES string of the molecule is COC(=O)C1CCCCN1C(=O)c1cccc(NC(=O)C2(N)CCCCC2)c1. The number of hydrogen-bond acceptors (Lipinski definition) is 5. The van der Waals surface area contributed by atoms with Gasteiger partial charge in [-0.3, -0.25) is 9.59 Å². The zero-order chi connectivity index (χ0) is 20.1. The number of piperidine rings is 1. The Hall–Kier alpha value is -2.41. The Labute approximate surface area is 165 Å². The van der Waals surface area contributed by atoms with Gasteiger partial charge >= 0.3 is 5.97 Å². The highest BCUT2D eigenvalue weighted by molar-refractivity contribution is 6.01. The number of nitrogens with zero attached hydrogens (tertiary/aromatic N) is 1. The molecule has 3 rings (SSSR count). The lowest BCUT2D eigenvalue weighted by molar-refractivity contribution is -0.147. The summed E-state index contributed by atoms with van der Waals surface area (Å²) in [6, 6.07) is 6.26. The summed E-state index contributed by atoms with van der Waals surface area (Å²) in [4.78, 5) is 39.3. The van der Waals surface area contributed by atoms with Gasteiger partial charge in [0.15, 0.2) is 0 Å². The fraction of sp³-hybridized carbons (Fsp3) is 0.571. The zero-order valence-electron chi connectivity index (χ0n) is 16.4. The first-order valence-electron chi connectivity index (χ1n) is 10.0. The molecule has 1 heterocycles. The molecule has 1 aromatic carbocycles. The van der Waals surface area contributed by atoms with Gasteiger partial charge < -0.3 is 20.7 Å². The molecule has 7 nitrogen and oxygen atoms in total. The first kappa shape index (κ1) is 20.3. The van der Waals surface area contributed by atoms with E-state index in [-0.39, 0.29) is 17.8 Å². The van der Waals surface area contributed by atoms with E-state index >= 15 is 0 Å². The lowest BCUT2D eigenvalue weighted by atomic mass is 9.82. The van der Waals surface area contributed by atoms with E-state index in [0.717, 1.165) is 32.1 Å². The predicted octanol–water partition coefficient (Wildman–Crippen LogP) is 2.45. The summed E-state index contributed by atoms with van der Waals surface area (Å²) in [5, 5.41) is 2.87. The van der Waals surface area contributed by atoms with Crippen LogP contribution in [0.4, 0.5) is 5.69 Å². The Morgan fingerprint density at radius 1 is 1.14 bits per heavy atom. The van der Waals surface area contributed by atoms with Crippen LogP contribution < -0.4 is 11.1 Å². The number of anilines is 1. The van der Waals surface area contributed by atoms with Crippen molar-refractivity contribution in [3.63, 3.8) is 0 Å². The molecule has 2 aliphatic rings. The average Bonchev–Trinajstić information content (AvgIpc) is 2.73. The Balaban J connectivity index is 1.74. The topological polar surface area (TPSA) is 102 Å². The summed E-state index contributed by atoms with van der Waals surface area (Å²) in [5.41, 5.74) is 6.42. The van der Waals surface area contributed by atoms with E-state index in [0.29, 0.717) is 37.1 Å². The summed E-state index contributed by atoms with van der Waals surface area (Å²) in [6.45, 7) is 0.515. The van der Waals surface area contributed by atoms with E-state index in [4.69, 9.17) is 10.5 Å². The van der Waals surface area contributed by atoms with Gasteiger partial charge in [0.1, 0.15) is 6.04 Å². The van der Waals surface area contributed by atoms with Gasteiger partial charge in [-0.15, -0.1) is 0 Å². The van der Waals surface area contributed by atoms with E-state index < -0.39 is 11.6 Å². The van der Waals surface area contributed by atoms with Gasteiger partial charge in [0.25, 0.3) is 5.91 Å². The summed E-state index contributed by atoms with van der Waals surface area (Å²) in [5.74, 6) is -0.826. The molecule has 2 amide bonds. The summed E-state index contributed by atoms with van der Waals surface area (Å²) in [6.07, 6.45) is 6.69. The number of rotatable bonds is 4. The lowest BCUT2D eigenvalue weighted by Gasteiger charge is -2.34. The maximum absolute atomic E-state index is 13.0. The highest BCUT2D eigenvalue weighted by Crippen LogP contribution is 2.28. The van der Waals surface area contributed by atoms with Crippen molar-refractivity contribution in [2.45, 2.75) is 62.9 Å². The number of ether oxygens (including phenoxy) is 1. The summed E-state index contributed by atoms with van der Waals surface area (Å²) in [7, 11) is 1.34. The Bertz CT molecular complexity index is 743. The third-order valence-corrected chi connectivity index (χ3v) is 5.80. The molecule has 1 aromatic rings. The van der Waals surface area contributed by atoms with Gasteiger partial charge in [-0.05, 0) is 50.3 Å². The van der Waals surface area contributed by atoms with Crippen LogP contribution in [0.2, 0.25) is 0 Å². The molecule has 1 atom stereocenters. The van der Waals surface area contributed by atoms with Crippen molar-refractivity contribution < 1.29 is 19.1 Å². The Morgan fingerprint density at radius 2 is 1.89 bits per heavy atom. The molecule has 7 heteroatoms.